The highest BCUT2D eigenvalue weighted by Crippen LogP contribution is 2.58. The van der Waals surface area contributed by atoms with Crippen LogP contribution in [0.4, 0.5) is 0 Å². The molecule has 7 unspecified atom stereocenters. The van der Waals surface area contributed by atoms with Crippen LogP contribution in [-0.4, -0.2) is 50.2 Å². The number of benzene rings is 1. The van der Waals surface area contributed by atoms with Gasteiger partial charge in [0.2, 0.25) is 0 Å². The number of hydrogen-bond donors (Lipinski definition) is 3. The molecule has 1 aromatic carbocycles. The molecule has 53 heavy (non-hydrogen) atoms. The molecule has 2 saturated carbocycles. The topological polar surface area (TPSA) is 130 Å². The molecule has 0 radical (unpaired) electrons. The lowest BCUT2D eigenvalue weighted by molar-refractivity contribution is -0.150. The van der Waals surface area contributed by atoms with E-state index in [1.54, 1.807) is 0 Å². The van der Waals surface area contributed by atoms with Gasteiger partial charge in [-0.25, -0.2) is 4.79 Å². The van der Waals surface area contributed by atoms with Gasteiger partial charge < -0.3 is 24.8 Å². The number of carbonyl (C=O) groups excluding carboxylic acids is 2. The van der Waals surface area contributed by atoms with E-state index in [0.717, 1.165) is 56.1 Å². The molecule has 8 heteroatoms. The van der Waals surface area contributed by atoms with Crippen LogP contribution in [0.3, 0.4) is 0 Å². The van der Waals surface area contributed by atoms with Crippen molar-refractivity contribution in [3.05, 3.63) is 57.7 Å². The zero-order chi connectivity index (χ0) is 39.0. The molecule has 7 atom stereocenters. The number of hydrogen-bond acceptors (Lipinski definition) is 7. The Hall–Kier alpha value is -3.65. The highest BCUT2D eigenvalue weighted by Gasteiger charge is 2.59. The van der Waals surface area contributed by atoms with Crippen LogP contribution in [0.1, 0.15) is 142 Å². The van der Waals surface area contributed by atoms with Gasteiger partial charge in [0.25, 0.3) is 0 Å². The summed E-state index contributed by atoms with van der Waals surface area (Å²) in [5, 5.41) is 33.2. The zero-order valence-corrected chi connectivity index (χ0v) is 33.4. The zero-order valence-electron chi connectivity index (χ0n) is 33.4. The van der Waals surface area contributed by atoms with Crippen molar-refractivity contribution in [3.63, 3.8) is 0 Å². The van der Waals surface area contributed by atoms with Gasteiger partial charge in [-0.1, -0.05) is 75.3 Å². The number of aliphatic carboxylic acids is 1. The predicted octanol–water partition coefficient (Wildman–Crippen LogP) is 9.60. The van der Waals surface area contributed by atoms with Crippen molar-refractivity contribution in [2.75, 3.05) is 0 Å². The van der Waals surface area contributed by atoms with Crippen molar-refractivity contribution in [1.29, 1.82) is 0 Å². The first-order valence-electron chi connectivity index (χ1n) is 19.8. The van der Waals surface area contributed by atoms with Gasteiger partial charge in [0, 0.05) is 23.5 Å². The van der Waals surface area contributed by atoms with Gasteiger partial charge in [0.15, 0.2) is 11.6 Å². The number of rotatable bonds is 12. The normalized spacial score (nSPS) is 28.1. The summed E-state index contributed by atoms with van der Waals surface area (Å²) in [6.07, 6.45) is 16.2. The average Bonchev–Trinajstić information content (AvgIpc) is 3.09. The Labute approximate surface area is 316 Å². The van der Waals surface area contributed by atoms with Crippen molar-refractivity contribution in [3.8, 4) is 17.2 Å². The van der Waals surface area contributed by atoms with Crippen LogP contribution >= 0.6 is 0 Å². The third kappa shape index (κ3) is 8.38. The monoisotopic (exact) mass is 730 g/mol. The molecule has 2 fully saturated rings. The van der Waals surface area contributed by atoms with Gasteiger partial charge in [0.1, 0.15) is 40.1 Å². The van der Waals surface area contributed by atoms with E-state index in [1.807, 2.05) is 32.9 Å². The third-order valence-electron chi connectivity index (χ3n) is 12.4. The Bertz CT molecular complexity index is 1710. The predicted molar refractivity (Wildman–Crippen MR) is 208 cm³/mol. The Morgan fingerprint density at radius 2 is 1.68 bits per heavy atom. The average molecular weight is 731 g/mol. The van der Waals surface area contributed by atoms with E-state index in [-0.39, 0.29) is 52.6 Å². The number of carboxylic acids is 1. The lowest BCUT2D eigenvalue weighted by Gasteiger charge is -2.53. The van der Waals surface area contributed by atoms with Gasteiger partial charge in [-0.05, 0) is 110 Å². The molecule has 5 rings (SSSR count). The SMILES string of the molecule is CC(C)=CCCC1(C)C=Cc2c(O)c3c(c(CC=C(C)C)c2O1)OC1C(C(C)C)CC(C(=O)C(C)(O)C/C=C(/C)C(=O)O)C(C2CCCCC2)C1C3=O. The smallest absolute Gasteiger partial charge is 0.330 e. The second kappa shape index (κ2) is 16.0. The number of phenols is 1. The van der Waals surface area contributed by atoms with Crippen LogP contribution in [-0.2, 0) is 16.0 Å². The standard InChI is InChI=1S/C45H62O8/c1-25(2)14-13-21-44(8)22-20-30-37(46)36-38(47)35-34(29-15-11-10-12-16-29)33(42(48)45(9,51)23-19-28(7)43(49)50)24-32(27(5)6)41(35)52-40(36)31(39(30)53-44)18-17-26(3)4/h14,17,19-20,22,27,29,32-35,41,46,51H,10-13,15-16,18,21,23-24H2,1-9H3,(H,49,50)/b28-19-. The summed E-state index contributed by atoms with van der Waals surface area (Å²) >= 11 is 0. The fourth-order valence-electron chi connectivity index (χ4n) is 9.32. The number of phenolic OH excluding ortho intramolecular Hbond substituents is 1. The highest BCUT2D eigenvalue weighted by molar-refractivity contribution is 6.07. The molecule has 4 aliphatic rings. The number of Topliss-reactive ketones (excluding diaryl/α,β-unsaturated/α-hetero) is 2. The summed E-state index contributed by atoms with van der Waals surface area (Å²) in [5.41, 5.74) is 1.34. The molecule has 0 aromatic heterocycles. The van der Waals surface area contributed by atoms with Crippen molar-refractivity contribution in [2.45, 2.75) is 144 Å². The van der Waals surface area contributed by atoms with Crippen molar-refractivity contribution in [1.82, 2.24) is 0 Å². The first-order valence-corrected chi connectivity index (χ1v) is 19.8. The van der Waals surface area contributed by atoms with E-state index in [9.17, 15) is 24.9 Å². The Morgan fingerprint density at radius 3 is 2.28 bits per heavy atom. The fourth-order valence-corrected chi connectivity index (χ4v) is 9.32. The molecule has 2 heterocycles. The van der Waals surface area contributed by atoms with E-state index in [0.29, 0.717) is 29.9 Å². The minimum absolute atomic E-state index is 0.0450. The van der Waals surface area contributed by atoms with Crippen molar-refractivity contribution >= 4 is 23.6 Å². The van der Waals surface area contributed by atoms with Crippen LogP contribution in [0, 0.1) is 35.5 Å². The van der Waals surface area contributed by atoms with E-state index in [4.69, 9.17) is 9.47 Å². The number of carbonyl (C=O) groups is 3. The number of ketones is 2. The maximum absolute atomic E-state index is 15.3. The molecule has 290 valence electrons. The van der Waals surface area contributed by atoms with E-state index < -0.39 is 41.0 Å². The molecule has 0 saturated heterocycles. The molecular weight excluding hydrogens is 668 g/mol. The van der Waals surface area contributed by atoms with E-state index >= 15 is 4.79 Å². The quantitative estimate of drug-likeness (QED) is 0.143. The largest absolute Gasteiger partial charge is 0.506 e. The first-order chi connectivity index (χ1) is 24.9. The summed E-state index contributed by atoms with van der Waals surface area (Å²) in [7, 11) is 0. The lowest BCUT2D eigenvalue weighted by Crippen LogP contribution is -2.59. The molecule has 0 amide bonds. The van der Waals surface area contributed by atoms with Crippen LogP contribution in [0.15, 0.2) is 41.0 Å². The molecule has 2 aliphatic heterocycles. The van der Waals surface area contributed by atoms with E-state index in [2.05, 4.69) is 39.8 Å². The van der Waals surface area contributed by atoms with E-state index in [1.165, 1.54) is 25.5 Å². The number of aromatic hydroxyl groups is 1. The summed E-state index contributed by atoms with van der Waals surface area (Å²) in [6, 6.07) is 0. The number of aliphatic hydroxyl groups is 1. The minimum Gasteiger partial charge on any atom is -0.506 e. The van der Waals surface area contributed by atoms with Crippen LogP contribution < -0.4 is 9.47 Å². The van der Waals surface area contributed by atoms with Gasteiger partial charge in [0.05, 0.1) is 11.5 Å². The molecule has 0 bridgehead atoms. The Kier molecular flexibility index (Phi) is 12.2. The summed E-state index contributed by atoms with van der Waals surface area (Å²) in [5.74, 6) is -2.71. The molecule has 8 nitrogen and oxygen atoms in total. The minimum atomic E-state index is -1.82. The van der Waals surface area contributed by atoms with Crippen LogP contribution in [0.2, 0.25) is 0 Å². The van der Waals surface area contributed by atoms with Gasteiger partial charge in [-0.15, -0.1) is 0 Å². The lowest BCUT2D eigenvalue weighted by atomic mass is 9.54. The summed E-state index contributed by atoms with van der Waals surface area (Å²) in [6.45, 7) is 17.4. The third-order valence-corrected chi connectivity index (χ3v) is 12.4. The number of fused-ring (bicyclic) bond motifs is 3. The van der Waals surface area contributed by atoms with Crippen molar-refractivity contribution < 1.29 is 39.2 Å². The number of carboxylic acid groups (broad SMARTS) is 1. The maximum Gasteiger partial charge on any atom is 0.330 e. The number of ether oxygens (including phenoxy) is 2. The van der Waals surface area contributed by atoms with Crippen LogP contribution in [0.5, 0.6) is 17.2 Å². The fraction of sp³-hybridized carbons (Fsp3) is 0.622. The molecule has 2 aliphatic carbocycles. The summed E-state index contributed by atoms with van der Waals surface area (Å²) in [4.78, 5) is 41.5. The summed E-state index contributed by atoms with van der Waals surface area (Å²) < 4.78 is 13.9. The van der Waals surface area contributed by atoms with Crippen molar-refractivity contribution in [2.24, 2.45) is 35.5 Å². The molecule has 1 aromatic rings. The number of allylic oxidation sites excluding steroid dienone is 4. The molecule has 0 spiro atoms. The van der Waals surface area contributed by atoms with Crippen LogP contribution in [0.25, 0.3) is 6.08 Å². The first kappa shape index (κ1) is 40.5. The molecule has 3 N–H and O–H groups in total. The molecular formula is C45H62O8. The van der Waals surface area contributed by atoms with Gasteiger partial charge >= 0.3 is 5.97 Å². The van der Waals surface area contributed by atoms with Gasteiger partial charge in [-0.2, -0.15) is 0 Å². The Morgan fingerprint density at radius 1 is 1.02 bits per heavy atom. The highest BCUT2D eigenvalue weighted by atomic mass is 16.5. The van der Waals surface area contributed by atoms with Gasteiger partial charge in [-0.3, -0.25) is 9.59 Å². The Balaban J connectivity index is 1.66. The second-order valence-corrected chi connectivity index (χ2v) is 17.6. The second-order valence-electron chi connectivity index (χ2n) is 17.6. The maximum atomic E-state index is 15.3.